The third-order valence-electron chi connectivity index (χ3n) is 3.92. The summed E-state index contributed by atoms with van der Waals surface area (Å²) in [5.41, 5.74) is 0. The van der Waals surface area contributed by atoms with Crippen LogP contribution in [0.3, 0.4) is 0 Å². The number of thioether (sulfide) groups is 1. The fourth-order valence-corrected chi connectivity index (χ4v) is 4.12. The maximum Gasteiger partial charge on any atom is 0.132 e. The van der Waals surface area contributed by atoms with Gasteiger partial charge in [0, 0.05) is 16.7 Å². The number of hydrogen-bond donors (Lipinski definition) is 1. The molecule has 0 bridgehead atoms. The first kappa shape index (κ1) is 14.7. The zero-order chi connectivity index (χ0) is 13.5. The van der Waals surface area contributed by atoms with Crippen LogP contribution in [0.4, 0.5) is 0 Å². The molecule has 0 saturated heterocycles. The normalized spacial score (nSPS) is 17.6. The number of rotatable bonds is 7. The van der Waals surface area contributed by atoms with E-state index < -0.39 is 0 Å². The SMILES string of the molecule is CCNC(CSc1ccccc1OC)C1CCCC1. The molecule has 0 spiro atoms. The number of benzene rings is 1. The molecule has 1 aliphatic rings. The highest BCUT2D eigenvalue weighted by atomic mass is 32.2. The van der Waals surface area contributed by atoms with Crippen LogP contribution >= 0.6 is 11.8 Å². The van der Waals surface area contributed by atoms with Gasteiger partial charge in [0.1, 0.15) is 5.75 Å². The molecule has 106 valence electrons. The minimum atomic E-state index is 0.641. The van der Waals surface area contributed by atoms with Crippen molar-refractivity contribution in [2.75, 3.05) is 19.4 Å². The predicted molar refractivity (Wildman–Crippen MR) is 83.1 cm³/mol. The first-order valence-corrected chi connectivity index (χ1v) is 8.33. The zero-order valence-electron chi connectivity index (χ0n) is 12.0. The van der Waals surface area contributed by atoms with E-state index in [1.807, 2.05) is 23.9 Å². The van der Waals surface area contributed by atoms with Crippen molar-refractivity contribution in [3.05, 3.63) is 24.3 Å². The molecule has 1 N–H and O–H groups in total. The Morgan fingerprint density at radius 2 is 2.05 bits per heavy atom. The van der Waals surface area contributed by atoms with E-state index in [1.165, 1.54) is 30.6 Å². The third kappa shape index (κ3) is 4.15. The lowest BCUT2D eigenvalue weighted by molar-refractivity contribution is 0.393. The molecule has 1 aromatic carbocycles. The van der Waals surface area contributed by atoms with Gasteiger partial charge in [-0.2, -0.15) is 0 Å². The topological polar surface area (TPSA) is 21.3 Å². The van der Waals surface area contributed by atoms with Crippen molar-refractivity contribution in [2.45, 2.75) is 43.5 Å². The Morgan fingerprint density at radius 1 is 1.32 bits per heavy atom. The van der Waals surface area contributed by atoms with Gasteiger partial charge >= 0.3 is 0 Å². The lowest BCUT2D eigenvalue weighted by atomic mass is 10.00. The highest BCUT2D eigenvalue weighted by Crippen LogP contribution is 2.33. The van der Waals surface area contributed by atoms with E-state index in [0.717, 1.165) is 24.0 Å². The van der Waals surface area contributed by atoms with Gasteiger partial charge in [0.2, 0.25) is 0 Å². The van der Waals surface area contributed by atoms with Crippen LogP contribution < -0.4 is 10.1 Å². The maximum absolute atomic E-state index is 5.42. The van der Waals surface area contributed by atoms with E-state index >= 15 is 0 Å². The molecule has 0 heterocycles. The summed E-state index contributed by atoms with van der Waals surface area (Å²) in [6.07, 6.45) is 5.60. The summed E-state index contributed by atoms with van der Waals surface area (Å²) in [7, 11) is 1.75. The van der Waals surface area contributed by atoms with Crippen LogP contribution in [0, 0.1) is 5.92 Å². The van der Waals surface area contributed by atoms with Gasteiger partial charge in [0.15, 0.2) is 0 Å². The van der Waals surface area contributed by atoms with E-state index in [4.69, 9.17) is 4.74 Å². The quantitative estimate of drug-likeness (QED) is 0.763. The molecule has 1 aromatic rings. The van der Waals surface area contributed by atoms with E-state index in [-0.39, 0.29) is 0 Å². The molecular formula is C16H25NOS. The second-order valence-electron chi connectivity index (χ2n) is 5.17. The van der Waals surface area contributed by atoms with Crippen molar-refractivity contribution >= 4 is 11.8 Å². The number of para-hydroxylation sites is 1. The molecule has 0 aromatic heterocycles. The standard InChI is InChI=1S/C16H25NOS/c1-3-17-14(13-8-4-5-9-13)12-19-16-11-7-6-10-15(16)18-2/h6-7,10-11,13-14,17H,3-5,8-9,12H2,1-2H3. The van der Waals surface area contributed by atoms with Gasteiger partial charge in [0.25, 0.3) is 0 Å². The molecular weight excluding hydrogens is 254 g/mol. The Balaban J connectivity index is 1.93. The lowest BCUT2D eigenvalue weighted by Crippen LogP contribution is -2.37. The molecule has 19 heavy (non-hydrogen) atoms. The van der Waals surface area contributed by atoms with Crippen LogP contribution in [0.1, 0.15) is 32.6 Å². The second kappa shape index (κ2) is 7.81. The summed E-state index contributed by atoms with van der Waals surface area (Å²) in [5.74, 6) is 3.00. The second-order valence-corrected chi connectivity index (χ2v) is 6.23. The van der Waals surface area contributed by atoms with Gasteiger partial charge in [-0.3, -0.25) is 0 Å². The summed E-state index contributed by atoms with van der Waals surface area (Å²) in [4.78, 5) is 1.26. The van der Waals surface area contributed by atoms with Crippen molar-refractivity contribution in [3.8, 4) is 5.75 Å². The van der Waals surface area contributed by atoms with Gasteiger partial charge in [-0.25, -0.2) is 0 Å². The molecule has 1 fully saturated rings. The average molecular weight is 279 g/mol. The van der Waals surface area contributed by atoms with Crippen molar-refractivity contribution in [3.63, 3.8) is 0 Å². The number of methoxy groups -OCH3 is 1. The molecule has 0 radical (unpaired) electrons. The smallest absolute Gasteiger partial charge is 0.132 e. The van der Waals surface area contributed by atoms with Gasteiger partial charge in [-0.15, -0.1) is 11.8 Å². The van der Waals surface area contributed by atoms with Crippen molar-refractivity contribution in [1.82, 2.24) is 5.32 Å². The Kier molecular flexibility index (Phi) is 6.05. The van der Waals surface area contributed by atoms with E-state index in [2.05, 4.69) is 24.4 Å². The summed E-state index contributed by atoms with van der Waals surface area (Å²) < 4.78 is 5.42. The van der Waals surface area contributed by atoms with Gasteiger partial charge in [-0.1, -0.05) is 31.9 Å². The predicted octanol–water partition coefficient (Wildman–Crippen LogP) is 3.96. The first-order chi connectivity index (χ1) is 9.35. The van der Waals surface area contributed by atoms with E-state index in [1.54, 1.807) is 7.11 Å². The van der Waals surface area contributed by atoms with Gasteiger partial charge in [-0.05, 0) is 37.4 Å². The molecule has 3 heteroatoms. The Bertz CT molecular complexity index is 377. The first-order valence-electron chi connectivity index (χ1n) is 7.34. The fourth-order valence-electron chi connectivity index (χ4n) is 2.90. The molecule has 1 atom stereocenters. The zero-order valence-corrected chi connectivity index (χ0v) is 12.8. The Morgan fingerprint density at radius 3 is 2.74 bits per heavy atom. The van der Waals surface area contributed by atoms with Crippen LogP contribution in [-0.2, 0) is 0 Å². The maximum atomic E-state index is 5.42. The third-order valence-corrected chi connectivity index (χ3v) is 5.10. The van der Waals surface area contributed by atoms with Crippen LogP contribution in [0.15, 0.2) is 29.2 Å². The van der Waals surface area contributed by atoms with Crippen LogP contribution in [0.25, 0.3) is 0 Å². The van der Waals surface area contributed by atoms with E-state index in [0.29, 0.717) is 6.04 Å². The minimum absolute atomic E-state index is 0.641. The molecule has 1 unspecified atom stereocenters. The van der Waals surface area contributed by atoms with E-state index in [9.17, 15) is 0 Å². The largest absolute Gasteiger partial charge is 0.496 e. The summed E-state index contributed by atoms with van der Waals surface area (Å²) in [6, 6.07) is 8.95. The van der Waals surface area contributed by atoms with Crippen molar-refractivity contribution < 1.29 is 4.74 Å². The average Bonchev–Trinajstić information content (AvgIpc) is 2.97. The summed E-state index contributed by atoms with van der Waals surface area (Å²) in [5, 5.41) is 3.67. The van der Waals surface area contributed by atoms with Crippen molar-refractivity contribution in [2.24, 2.45) is 5.92 Å². The summed E-state index contributed by atoms with van der Waals surface area (Å²) >= 11 is 1.92. The Labute approximate surface area is 121 Å². The highest BCUT2D eigenvalue weighted by Gasteiger charge is 2.24. The van der Waals surface area contributed by atoms with Crippen LogP contribution in [-0.4, -0.2) is 25.4 Å². The Hall–Kier alpha value is -0.670. The monoisotopic (exact) mass is 279 g/mol. The molecule has 2 rings (SSSR count). The lowest BCUT2D eigenvalue weighted by Gasteiger charge is -2.24. The fraction of sp³-hybridized carbons (Fsp3) is 0.625. The number of hydrogen-bond acceptors (Lipinski definition) is 3. The van der Waals surface area contributed by atoms with Crippen LogP contribution in [0.2, 0.25) is 0 Å². The van der Waals surface area contributed by atoms with Gasteiger partial charge < -0.3 is 10.1 Å². The minimum Gasteiger partial charge on any atom is -0.496 e. The number of ether oxygens (including phenoxy) is 1. The molecule has 0 aliphatic heterocycles. The molecule has 1 aliphatic carbocycles. The number of nitrogens with one attached hydrogen (secondary N) is 1. The van der Waals surface area contributed by atoms with Crippen LogP contribution in [0.5, 0.6) is 5.75 Å². The van der Waals surface area contributed by atoms with Gasteiger partial charge in [0.05, 0.1) is 7.11 Å². The van der Waals surface area contributed by atoms with Crippen molar-refractivity contribution in [1.29, 1.82) is 0 Å². The molecule has 0 amide bonds. The highest BCUT2D eigenvalue weighted by molar-refractivity contribution is 7.99. The molecule has 1 saturated carbocycles. The summed E-state index contributed by atoms with van der Waals surface area (Å²) in [6.45, 7) is 3.27. The molecule has 2 nitrogen and oxygen atoms in total.